The molecule has 0 saturated carbocycles. The van der Waals surface area contributed by atoms with Crippen LogP contribution in [0.5, 0.6) is 0 Å². The molecule has 0 aliphatic carbocycles. The van der Waals surface area contributed by atoms with Crippen molar-refractivity contribution < 1.29 is 9.90 Å². The van der Waals surface area contributed by atoms with Gasteiger partial charge in [0.25, 0.3) is 0 Å². The normalized spacial score (nSPS) is 13.9. The summed E-state index contributed by atoms with van der Waals surface area (Å²) in [6.07, 6.45) is 2.21. The van der Waals surface area contributed by atoms with Gasteiger partial charge in [-0.3, -0.25) is 4.79 Å². The molecule has 1 amide bonds. The minimum absolute atomic E-state index is 0.0283. The Morgan fingerprint density at radius 1 is 1.26 bits per heavy atom. The first-order valence-electron chi connectivity index (χ1n) is 7.13. The van der Waals surface area contributed by atoms with E-state index in [9.17, 15) is 9.90 Å². The molecule has 0 aliphatic heterocycles. The third kappa shape index (κ3) is 5.03. The molecule has 0 aliphatic rings. The van der Waals surface area contributed by atoms with Gasteiger partial charge in [-0.05, 0) is 30.9 Å². The molecule has 0 aromatic heterocycles. The smallest absolute Gasteiger partial charge is 0.227 e. The molecule has 1 aromatic rings. The number of hydrogen-bond acceptors (Lipinski definition) is 2. The number of aliphatic hydroxyl groups excluding tert-OH is 1. The van der Waals surface area contributed by atoms with Crippen molar-refractivity contribution in [3.63, 3.8) is 0 Å². The molecule has 1 rings (SSSR count). The van der Waals surface area contributed by atoms with E-state index in [4.69, 9.17) is 0 Å². The number of benzene rings is 1. The van der Waals surface area contributed by atoms with Crippen molar-refractivity contribution >= 4 is 5.91 Å². The zero-order chi connectivity index (χ0) is 14.3. The van der Waals surface area contributed by atoms with Crippen molar-refractivity contribution in [2.45, 2.75) is 52.1 Å². The lowest BCUT2D eigenvalue weighted by atomic mass is 9.98. The van der Waals surface area contributed by atoms with Crippen LogP contribution in [0.3, 0.4) is 0 Å². The monoisotopic (exact) mass is 263 g/mol. The lowest BCUT2D eigenvalue weighted by molar-refractivity contribution is -0.122. The standard InChI is InChI=1S/C16H25NO2/c1-4-6-15(18)11-17-16(19)12(3)14-9-7-13(5-2)8-10-14/h7-10,12,15,18H,4-6,11H2,1-3H3,(H,17,19). The molecule has 19 heavy (non-hydrogen) atoms. The number of aryl methyl sites for hydroxylation is 1. The van der Waals surface area contributed by atoms with Gasteiger partial charge in [0.05, 0.1) is 12.0 Å². The molecule has 0 fully saturated rings. The predicted octanol–water partition coefficient (Wildman–Crippen LogP) is 2.63. The van der Waals surface area contributed by atoms with Gasteiger partial charge in [0.2, 0.25) is 5.91 Å². The first kappa shape index (κ1) is 15.7. The van der Waals surface area contributed by atoms with E-state index in [2.05, 4.69) is 24.4 Å². The van der Waals surface area contributed by atoms with Gasteiger partial charge in [-0.25, -0.2) is 0 Å². The molecule has 106 valence electrons. The first-order valence-corrected chi connectivity index (χ1v) is 7.13. The molecule has 0 spiro atoms. The lowest BCUT2D eigenvalue weighted by Gasteiger charge is -2.15. The lowest BCUT2D eigenvalue weighted by Crippen LogP contribution is -2.34. The van der Waals surface area contributed by atoms with Crippen LogP contribution in [-0.2, 0) is 11.2 Å². The summed E-state index contributed by atoms with van der Waals surface area (Å²) in [5.41, 5.74) is 2.29. The van der Waals surface area contributed by atoms with Gasteiger partial charge in [-0.1, -0.05) is 44.5 Å². The molecule has 3 nitrogen and oxygen atoms in total. The summed E-state index contributed by atoms with van der Waals surface area (Å²) >= 11 is 0. The maximum absolute atomic E-state index is 12.0. The zero-order valence-electron chi connectivity index (χ0n) is 12.1. The van der Waals surface area contributed by atoms with E-state index in [-0.39, 0.29) is 11.8 Å². The maximum Gasteiger partial charge on any atom is 0.227 e. The van der Waals surface area contributed by atoms with Gasteiger partial charge in [-0.15, -0.1) is 0 Å². The fourth-order valence-electron chi connectivity index (χ4n) is 2.00. The second kappa shape index (κ2) is 7.95. The Balaban J connectivity index is 2.51. The van der Waals surface area contributed by atoms with E-state index in [0.29, 0.717) is 6.54 Å². The molecule has 2 atom stereocenters. The number of amides is 1. The summed E-state index contributed by atoms with van der Waals surface area (Å²) in [4.78, 5) is 12.0. The average molecular weight is 263 g/mol. The van der Waals surface area contributed by atoms with Crippen molar-refractivity contribution in [1.82, 2.24) is 5.32 Å². The molecule has 0 radical (unpaired) electrons. The molecule has 0 saturated heterocycles. The molecule has 3 heteroatoms. The Kier molecular flexibility index (Phi) is 6.57. The summed E-state index contributed by atoms with van der Waals surface area (Å²) in [6, 6.07) is 8.13. The number of nitrogens with one attached hydrogen (secondary N) is 1. The molecule has 0 bridgehead atoms. The van der Waals surface area contributed by atoms with E-state index in [1.54, 1.807) is 0 Å². The van der Waals surface area contributed by atoms with Crippen LogP contribution in [0.1, 0.15) is 50.7 Å². The van der Waals surface area contributed by atoms with E-state index in [0.717, 1.165) is 24.8 Å². The Bertz CT molecular complexity index is 386. The van der Waals surface area contributed by atoms with Crippen molar-refractivity contribution in [1.29, 1.82) is 0 Å². The van der Waals surface area contributed by atoms with Gasteiger partial charge in [0, 0.05) is 6.54 Å². The molecule has 2 N–H and O–H groups in total. The highest BCUT2D eigenvalue weighted by Crippen LogP contribution is 2.16. The summed E-state index contributed by atoms with van der Waals surface area (Å²) < 4.78 is 0. The summed E-state index contributed by atoms with van der Waals surface area (Å²) in [7, 11) is 0. The highest BCUT2D eigenvalue weighted by atomic mass is 16.3. The SMILES string of the molecule is CCCC(O)CNC(=O)C(C)c1ccc(CC)cc1. The number of aliphatic hydroxyl groups is 1. The zero-order valence-corrected chi connectivity index (χ0v) is 12.1. The van der Waals surface area contributed by atoms with E-state index >= 15 is 0 Å². The highest BCUT2D eigenvalue weighted by Gasteiger charge is 2.15. The number of carbonyl (C=O) groups excluding carboxylic acids is 1. The Hall–Kier alpha value is -1.35. The molecular formula is C16H25NO2. The second-order valence-electron chi connectivity index (χ2n) is 5.00. The third-order valence-corrected chi connectivity index (χ3v) is 3.42. The van der Waals surface area contributed by atoms with Crippen LogP contribution in [0.2, 0.25) is 0 Å². The van der Waals surface area contributed by atoms with Gasteiger partial charge < -0.3 is 10.4 Å². The van der Waals surface area contributed by atoms with Gasteiger partial charge >= 0.3 is 0 Å². The van der Waals surface area contributed by atoms with E-state index < -0.39 is 6.10 Å². The summed E-state index contributed by atoms with van der Waals surface area (Å²) in [5.74, 6) is -0.209. The minimum atomic E-state index is -0.441. The third-order valence-electron chi connectivity index (χ3n) is 3.42. The van der Waals surface area contributed by atoms with Crippen LogP contribution >= 0.6 is 0 Å². The molecule has 0 heterocycles. The van der Waals surface area contributed by atoms with Crippen LogP contribution in [0.25, 0.3) is 0 Å². The maximum atomic E-state index is 12.0. The minimum Gasteiger partial charge on any atom is -0.391 e. The topological polar surface area (TPSA) is 49.3 Å². The molecular weight excluding hydrogens is 238 g/mol. The Morgan fingerprint density at radius 3 is 2.42 bits per heavy atom. The predicted molar refractivity (Wildman–Crippen MR) is 78.2 cm³/mol. The van der Waals surface area contributed by atoms with Crippen molar-refractivity contribution in [3.8, 4) is 0 Å². The van der Waals surface area contributed by atoms with Crippen LogP contribution in [0.4, 0.5) is 0 Å². The van der Waals surface area contributed by atoms with E-state index in [1.807, 2.05) is 26.0 Å². The Labute approximate surface area is 116 Å². The van der Waals surface area contributed by atoms with E-state index in [1.165, 1.54) is 5.56 Å². The fraction of sp³-hybridized carbons (Fsp3) is 0.562. The first-order chi connectivity index (χ1) is 9.08. The number of carbonyl (C=O) groups is 1. The Morgan fingerprint density at radius 2 is 1.89 bits per heavy atom. The van der Waals surface area contributed by atoms with Crippen LogP contribution < -0.4 is 5.32 Å². The van der Waals surface area contributed by atoms with Crippen molar-refractivity contribution in [2.24, 2.45) is 0 Å². The van der Waals surface area contributed by atoms with Gasteiger partial charge in [0.15, 0.2) is 0 Å². The average Bonchev–Trinajstić information content (AvgIpc) is 2.44. The molecule has 1 aromatic carbocycles. The van der Waals surface area contributed by atoms with Crippen LogP contribution in [-0.4, -0.2) is 23.7 Å². The molecule has 2 unspecified atom stereocenters. The van der Waals surface area contributed by atoms with Crippen LogP contribution in [0.15, 0.2) is 24.3 Å². The van der Waals surface area contributed by atoms with Crippen molar-refractivity contribution in [2.75, 3.05) is 6.54 Å². The fourth-order valence-corrected chi connectivity index (χ4v) is 2.00. The largest absolute Gasteiger partial charge is 0.391 e. The van der Waals surface area contributed by atoms with Crippen molar-refractivity contribution in [3.05, 3.63) is 35.4 Å². The number of hydrogen-bond donors (Lipinski definition) is 2. The van der Waals surface area contributed by atoms with Gasteiger partial charge in [0.1, 0.15) is 0 Å². The quantitative estimate of drug-likeness (QED) is 0.794. The highest BCUT2D eigenvalue weighted by molar-refractivity contribution is 5.83. The number of rotatable bonds is 7. The van der Waals surface area contributed by atoms with Gasteiger partial charge in [-0.2, -0.15) is 0 Å². The summed E-state index contributed by atoms with van der Waals surface area (Å²) in [5, 5.41) is 12.4. The summed E-state index contributed by atoms with van der Waals surface area (Å²) in [6.45, 7) is 6.36. The van der Waals surface area contributed by atoms with Crippen LogP contribution in [0, 0.1) is 0 Å². The second-order valence-corrected chi connectivity index (χ2v) is 5.00.